The van der Waals surface area contributed by atoms with Gasteiger partial charge in [0, 0.05) is 4.47 Å². The summed E-state index contributed by atoms with van der Waals surface area (Å²) in [6.07, 6.45) is 0. The highest BCUT2D eigenvalue weighted by Crippen LogP contribution is 2.22. The van der Waals surface area contributed by atoms with Crippen LogP contribution in [0.5, 0.6) is 5.75 Å². The molecular formula is C17H16BrNO4. The molecule has 2 rings (SSSR count). The second kappa shape index (κ2) is 7.78. The van der Waals surface area contributed by atoms with Crippen molar-refractivity contribution in [1.82, 2.24) is 0 Å². The Bertz CT molecular complexity index is 730. The lowest BCUT2D eigenvalue weighted by Gasteiger charge is -2.11. The lowest BCUT2D eigenvalue weighted by molar-refractivity contribution is -0.118. The van der Waals surface area contributed by atoms with Crippen LogP contribution in [0.15, 0.2) is 46.9 Å². The minimum atomic E-state index is -0.527. The number of anilines is 1. The van der Waals surface area contributed by atoms with E-state index in [1.807, 2.05) is 25.1 Å². The summed E-state index contributed by atoms with van der Waals surface area (Å²) in [5, 5.41) is 2.65. The van der Waals surface area contributed by atoms with Gasteiger partial charge in [-0.05, 0) is 42.8 Å². The third-order valence-corrected chi connectivity index (χ3v) is 3.51. The first-order valence-electron chi connectivity index (χ1n) is 6.87. The zero-order valence-electron chi connectivity index (χ0n) is 12.8. The first kappa shape index (κ1) is 17.0. The van der Waals surface area contributed by atoms with Gasteiger partial charge in [0.1, 0.15) is 5.75 Å². The molecule has 0 aliphatic rings. The van der Waals surface area contributed by atoms with Gasteiger partial charge in [0.2, 0.25) is 0 Å². The highest BCUT2D eigenvalue weighted by atomic mass is 79.9. The Morgan fingerprint density at radius 3 is 2.65 bits per heavy atom. The molecule has 0 saturated heterocycles. The molecule has 1 N–H and O–H groups in total. The molecule has 6 heteroatoms. The SMILES string of the molecule is COC(=O)c1cc(Br)ccc1NC(=O)COc1cccc(C)c1. The van der Waals surface area contributed by atoms with E-state index >= 15 is 0 Å². The fraction of sp³-hybridized carbons (Fsp3) is 0.176. The molecule has 120 valence electrons. The van der Waals surface area contributed by atoms with Crippen molar-refractivity contribution in [3.8, 4) is 5.75 Å². The van der Waals surface area contributed by atoms with Crippen molar-refractivity contribution in [1.29, 1.82) is 0 Å². The Morgan fingerprint density at radius 1 is 1.17 bits per heavy atom. The first-order chi connectivity index (χ1) is 11.0. The molecule has 0 aliphatic heterocycles. The van der Waals surface area contributed by atoms with E-state index in [0.717, 1.165) is 5.56 Å². The normalized spacial score (nSPS) is 10.0. The van der Waals surface area contributed by atoms with Crippen LogP contribution >= 0.6 is 15.9 Å². The number of amides is 1. The molecule has 0 bridgehead atoms. The number of carbonyl (C=O) groups excluding carboxylic acids is 2. The van der Waals surface area contributed by atoms with Crippen LogP contribution in [0, 0.1) is 6.92 Å². The fourth-order valence-corrected chi connectivity index (χ4v) is 2.31. The largest absolute Gasteiger partial charge is 0.484 e. The van der Waals surface area contributed by atoms with E-state index in [9.17, 15) is 9.59 Å². The lowest BCUT2D eigenvalue weighted by atomic mass is 10.2. The molecule has 23 heavy (non-hydrogen) atoms. The lowest BCUT2D eigenvalue weighted by Crippen LogP contribution is -2.21. The Hall–Kier alpha value is -2.34. The number of rotatable bonds is 5. The summed E-state index contributed by atoms with van der Waals surface area (Å²) >= 11 is 3.28. The molecule has 0 aromatic heterocycles. The van der Waals surface area contributed by atoms with Crippen molar-refractivity contribution in [2.45, 2.75) is 6.92 Å². The zero-order valence-corrected chi connectivity index (χ0v) is 14.3. The van der Waals surface area contributed by atoms with Crippen LogP contribution in [-0.4, -0.2) is 25.6 Å². The second-order valence-electron chi connectivity index (χ2n) is 4.83. The molecule has 2 aromatic carbocycles. The maximum atomic E-state index is 12.0. The van der Waals surface area contributed by atoms with E-state index in [1.165, 1.54) is 7.11 Å². The van der Waals surface area contributed by atoms with Gasteiger partial charge in [-0.2, -0.15) is 0 Å². The molecule has 0 saturated carbocycles. The van der Waals surface area contributed by atoms with Crippen molar-refractivity contribution in [2.24, 2.45) is 0 Å². The van der Waals surface area contributed by atoms with Crippen LogP contribution in [-0.2, 0) is 9.53 Å². The Balaban J connectivity index is 2.04. The van der Waals surface area contributed by atoms with Gasteiger partial charge < -0.3 is 14.8 Å². The van der Waals surface area contributed by atoms with E-state index in [1.54, 1.807) is 24.3 Å². The molecule has 0 spiro atoms. The van der Waals surface area contributed by atoms with E-state index in [0.29, 0.717) is 15.9 Å². The minimum absolute atomic E-state index is 0.153. The summed E-state index contributed by atoms with van der Waals surface area (Å²) in [7, 11) is 1.29. The van der Waals surface area contributed by atoms with Gasteiger partial charge in [-0.25, -0.2) is 4.79 Å². The molecular weight excluding hydrogens is 362 g/mol. The Labute approximate surface area is 142 Å². The number of aryl methyl sites for hydroxylation is 1. The Kier molecular flexibility index (Phi) is 5.76. The van der Waals surface area contributed by atoms with Crippen LogP contribution in [0.3, 0.4) is 0 Å². The van der Waals surface area contributed by atoms with Crippen molar-refractivity contribution in [3.63, 3.8) is 0 Å². The quantitative estimate of drug-likeness (QED) is 0.809. The van der Waals surface area contributed by atoms with Crippen molar-refractivity contribution in [3.05, 3.63) is 58.1 Å². The van der Waals surface area contributed by atoms with E-state index in [2.05, 4.69) is 21.2 Å². The fourth-order valence-electron chi connectivity index (χ4n) is 1.94. The molecule has 1 amide bonds. The van der Waals surface area contributed by atoms with Gasteiger partial charge in [-0.3, -0.25) is 4.79 Å². The van der Waals surface area contributed by atoms with Crippen LogP contribution in [0.2, 0.25) is 0 Å². The van der Waals surface area contributed by atoms with Crippen LogP contribution < -0.4 is 10.1 Å². The van der Waals surface area contributed by atoms with Gasteiger partial charge >= 0.3 is 5.97 Å². The summed E-state index contributed by atoms with van der Waals surface area (Å²) in [5.41, 5.74) is 1.69. The number of halogens is 1. The summed E-state index contributed by atoms with van der Waals surface area (Å²) in [4.78, 5) is 23.8. The van der Waals surface area contributed by atoms with Crippen molar-refractivity contribution in [2.75, 3.05) is 19.0 Å². The number of esters is 1. The summed E-state index contributed by atoms with van der Waals surface area (Å²) < 4.78 is 10.9. The topological polar surface area (TPSA) is 64.6 Å². The van der Waals surface area contributed by atoms with Gasteiger partial charge in [0.15, 0.2) is 6.61 Å². The number of carbonyl (C=O) groups is 2. The number of hydrogen-bond donors (Lipinski definition) is 1. The number of hydrogen-bond acceptors (Lipinski definition) is 4. The number of benzene rings is 2. The molecule has 0 heterocycles. The van der Waals surface area contributed by atoms with E-state index < -0.39 is 5.97 Å². The predicted molar refractivity (Wildman–Crippen MR) is 90.8 cm³/mol. The van der Waals surface area contributed by atoms with E-state index in [-0.39, 0.29) is 18.1 Å². The molecule has 2 aromatic rings. The first-order valence-corrected chi connectivity index (χ1v) is 7.66. The summed E-state index contributed by atoms with van der Waals surface area (Å²) in [6.45, 7) is 1.79. The van der Waals surface area contributed by atoms with Crippen molar-refractivity contribution < 1.29 is 19.1 Å². The third kappa shape index (κ3) is 4.82. The minimum Gasteiger partial charge on any atom is -0.484 e. The van der Waals surface area contributed by atoms with Crippen LogP contribution in [0.25, 0.3) is 0 Å². The highest BCUT2D eigenvalue weighted by molar-refractivity contribution is 9.10. The maximum Gasteiger partial charge on any atom is 0.340 e. The number of ether oxygens (including phenoxy) is 2. The van der Waals surface area contributed by atoms with Gasteiger partial charge in [0.05, 0.1) is 18.4 Å². The number of methoxy groups -OCH3 is 1. The smallest absolute Gasteiger partial charge is 0.340 e. The molecule has 0 aliphatic carbocycles. The third-order valence-electron chi connectivity index (χ3n) is 3.02. The molecule has 0 fully saturated rings. The van der Waals surface area contributed by atoms with Crippen LogP contribution in [0.4, 0.5) is 5.69 Å². The molecule has 0 atom stereocenters. The molecule has 0 unspecified atom stereocenters. The second-order valence-corrected chi connectivity index (χ2v) is 5.75. The average molecular weight is 378 g/mol. The van der Waals surface area contributed by atoms with Crippen molar-refractivity contribution >= 4 is 33.5 Å². The zero-order chi connectivity index (χ0) is 16.8. The summed E-state index contributed by atoms with van der Waals surface area (Å²) in [5.74, 6) is -0.274. The summed E-state index contributed by atoms with van der Waals surface area (Å²) in [6, 6.07) is 12.4. The highest BCUT2D eigenvalue weighted by Gasteiger charge is 2.14. The number of nitrogens with one attached hydrogen (secondary N) is 1. The van der Waals surface area contributed by atoms with Gasteiger partial charge in [-0.15, -0.1) is 0 Å². The van der Waals surface area contributed by atoms with Crippen LogP contribution in [0.1, 0.15) is 15.9 Å². The van der Waals surface area contributed by atoms with Gasteiger partial charge in [-0.1, -0.05) is 28.1 Å². The average Bonchev–Trinajstić information content (AvgIpc) is 2.54. The van der Waals surface area contributed by atoms with Gasteiger partial charge in [0.25, 0.3) is 5.91 Å². The predicted octanol–water partition coefficient (Wildman–Crippen LogP) is 3.56. The standard InChI is InChI=1S/C17H16BrNO4/c1-11-4-3-5-13(8-11)23-10-16(20)19-15-7-6-12(18)9-14(15)17(21)22-2/h3-9H,10H2,1-2H3,(H,19,20). The Morgan fingerprint density at radius 2 is 1.96 bits per heavy atom. The molecule has 5 nitrogen and oxygen atoms in total. The molecule has 0 radical (unpaired) electrons. The van der Waals surface area contributed by atoms with E-state index in [4.69, 9.17) is 9.47 Å². The monoisotopic (exact) mass is 377 g/mol. The maximum absolute atomic E-state index is 12.0.